The van der Waals surface area contributed by atoms with Crippen LogP contribution in [-0.2, 0) is 12.7 Å². The molecule has 0 unspecified atom stereocenters. The molecule has 30 heavy (non-hydrogen) atoms. The Bertz CT molecular complexity index is 1420. The van der Waals surface area contributed by atoms with Gasteiger partial charge in [0.1, 0.15) is 5.56 Å². The number of halogens is 4. The van der Waals surface area contributed by atoms with Crippen LogP contribution in [0.4, 0.5) is 13.2 Å². The molecule has 0 atom stereocenters. The molecule has 0 bridgehead atoms. The number of benzene rings is 2. The normalized spacial score (nSPS) is 13.0. The highest BCUT2D eigenvalue weighted by molar-refractivity contribution is 6.31. The number of alkyl halides is 3. The molecule has 0 saturated heterocycles. The van der Waals surface area contributed by atoms with Gasteiger partial charge in [-0.25, -0.2) is 0 Å². The third-order valence-corrected chi connectivity index (χ3v) is 5.67. The van der Waals surface area contributed by atoms with Gasteiger partial charge in [0.15, 0.2) is 0 Å². The summed E-state index contributed by atoms with van der Waals surface area (Å²) in [5, 5.41) is 0.219. The third-order valence-electron chi connectivity index (χ3n) is 5.30. The maximum atomic E-state index is 13.9. The molecule has 2 aromatic heterocycles. The maximum Gasteiger partial charge on any atom is 0.418 e. The molecular formula is C22H12ClF3N2O2. The fourth-order valence-electron chi connectivity index (χ4n) is 4.03. The van der Waals surface area contributed by atoms with Crippen molar-refractivity contribution in [2.24, 2.45) is 0 Å². The summed E-state index contributed by atoms with van der Waals surface area (Å²) < 4.78 is 44.4. The molecule has 5 rings (SSSR count). The van der Waals surface area contributed by atoms with Crippen LogP contribution in [0.25, 0.3) is 22.3 Å². The summed E-state index contributed by atoms with van der Waals surface area (Å²) in [4.78, 5) is 26.0. The monoisotopic (exact) mass is 428 g/mol. The highest BCUT2D eigenvalue weighted by atomic mass is 35.5. The fourth-order valence-corrected chi connectivity index (χ4v) is 4.22. The van der Waals surface area contributed by atoms with E-state index in [0.29, 0.717) is 16.3 Å². The van der Waals surface area contributed by atoms with Gasteiger partial charge in [-0.2, -0.15) is 13.2 Å². The molecule has 0 fully saturated rings. The zero-order valence-electron chi connectivity index (χ0n) is 15.2. The van der Waals surface area contributed by atoms with Crippen molar-refractivity contribution in [1.29, 1.82) is 0 Å². The van der Waals surface area contributed by atoms with Crippen molar-refractivity contribution in [3.63, 3.8) is 0 Å². The van der Waals surface area contributed by atoms with Crippen molar-refractivity contribution in [2.75, 3.05) is 0 Å². The average Bonchev–Trinajstić information content (AvgIpc) is 3.28. The molecule has 1 aliphatic rings. The Hall–Kier alpha value is -3.32. The molecular weight excluding hydrogens is 417 g/mol. The number of rotatable bonds is 2. The summed E-state index contributed by atoms with van der Waals surface area (Å²) in [6, 6.07) is 13.4. The first-order valence-electron chi connectivity index (χ1n) is 9.01. The standard InChI is InChI=1S/C22H12ClF3N2O2/c23-15-8-2-1-5-12(15)11-28-18-13(6-3-7-14(18)22(24,25)26)20(29)17-19(28)16-9-4-10-27(16)21(17)30/h1-10H,11H2. The summed E-state index contributed by atoms with van der Waals surface area (Å²) >= 11 is 6.28. The minimum atomic E-state index is -4.69. The third kappa shape index (κ3) is 2.55. The van der Waals surface area contributed by atoms with Crippen LogP contribution in [0.5, 0.6) is 0 Å². The lowest BCUT2D eigenvalue weighted by Crippen LogP contribution is -2.22. The van der Waals surface area contributed by atoms with Gasteiger partial charge >= 0.3 is 6.18 Å². The molecule has 1 aliphatic heterocycles. The van der Waals surface area contributed by atoms with Gasteiger partial charge in [-0.1, -0.05) is 35.9 Å². The molecule has 0 N–H and O–H groups in total. The van der Waals surface area contributed by atoms with Gasteiger partial charge in [0, 0.05) is 23.2 Å². The molecule has 2 aromatic carbocycles. The Balaban J connectivity index is 1.97. The van der Waals surface area contributed by atoms with E-state index in [1.54, 1.807) is 36.4 Å². The molecule has 0 aliphatic carbocycles. The lowest BCUT2D eigenvalue weighted by molar-refractivity contribution is -0.136. The SMILES string of the molecule is O=C1c2c(n(Cc3ccccc3Cl)c3c(C(F)(F)F)cccc3c2=O)-c2cccn21. The quantitative estimate of drug-likeness (QED) is 0.388. The largest absolute Gasteiger partial charge is 0.418 e. The summed E-state index contributed by atoms with van der Waals surface area (Å²) in [7, 11) is 0. The van der Waals surface area contributed by atoms with Crippen molar-refractivity contribution in [2.45, 2.75) is 12.7 Å². The molecule has 0 radical (unpaired) electrons. The Morgan fingerprint density at radius 2 is 1.70 bits per heavy atom. The van der Waals surface area contributed by atoms with Gasteiger partial charge in [-0.3, -0.25) is 14.2 Å². The van der Waals surface area contributed by atoms with Gasteiger partial charge in [0.05, 0.1) is 22.5 Å². The summed E-state index contributed by atoms with van der Waals surface area (Å²) in [5.74, 6) is -0.553. The van der Waals surface area contributed by atoms with E-state index in [2.05, 4.69) is 0 Å². The second kappa shape index (κ2) is 6.34. The first kappa shape index (κ1) is 18.7. The topological polar surface area (TPSA) is 44.0 Å². The Labute approximate surface area is 172 Å². The molecule has 150 valence electrons. The van der Waals surface area contributed by atoms with Crippen LogP contribution in [0, 0.1) is 0 Å². The first-order chi connectivity index (χ1) is 14.3. The lowest BCUT2D eigenvalue weighted by atomic mass is 10.0. The zero-order valence-corrected chi connectivity index (χ0v) is 16.0. The van der Waals surface area contributed by atoms with Crippen LogP contribution in [0.2, 0.25) is 5.02 Å². The van der Waals surface area contributed by atoms with Gasteiger partial charge in [0.2, 0.25) is 5.43 Å². The predicted octanol–water partition coefficient (Wildman–Crippen LogP) is 5.19. The van der Waals surface area contributed by atoms with Crippen LogP contribution in [-0.4, -0.2) is 15.0 Å². The predicted molar refractivity (Wildman–Crippen MR) is 107 cm³/mol. The summed E-state index contributed by atoms with van der Waals surface area (Å²) in [5.41, 5.74) is -0.946. The summed E-state index contributed by atoms with van der Waals surface area (Å²) in [6.07, 6.45) is -3.20. The second-order valence-corrected chi connectivity index (χ2v) is 7.41. The van der Waals surface area contributed by atoms with E-state index < -0.39 is 23.1 Å². The van der Waals surface area contributed by atoms with Crippen LogP contribution < -0.4 is 5.43 Å². The van der Waals surface area contributed by atoms with E-state index in [4.69, 9.17) is 11.6 Å². The van der Waals surface area contributed by atoms with Crippen LogP contribution in [0.15, 0.2) is 65.6 Å². The number of nitrogens with zero attached hydrogens (tertiary/aromatic N) is 2. The zero-order chi connectivity index (χ0) is 21.2. The lowest BCUT2D eigenvalue weighted by Gasteiger charge is -2.20. The van der Waals surface area contributed by atoms with Gasteiger partial charge < -0.3 is 4.57 Å². The summed E-state index contributed by atoms with van der Waals surface area (Å²) in [6.45, 7) is -0.0374. The van der Waals surface area contributed by atoms with Crippen LogP contribution >= 0.6 is 11.6 Å². The maximum absolute atomic E-state index is 13.9. The Kier molecular flexibility index (Phi) is 3.95. The van der Waals surface area contributed by atoms with E-state index in [1.165, 1.54) is 27.5 Å². The van der Waals surface area contributed by atoms with Gasteiger partial charge in [0.25, 0.3) is 5.91 Å². The van der Waals surface area contributed by atoms with Crippen molar-refractivity contribution < 1.29 is 18.0 Å². The van der Waals surface area contributed by atoms with E-state index >= 15 is 0 Å². The van der Waals surface area contributed by atoms with Gasteiger partial charge in [-0.15, -0.1) is 0 Å². The van der Waals surface area contributed by atoms with Crippen molar-refractivity contribution in [1.82, 2.24) is 9.13 Å². The van der Waals surface area contributed by atoms with Crippen molar-refractivity contribution in [3.05, 3.63) is 92.7 Å². The number of hydrogen-bond donors (Lipinski definition) is 0. The average molecular weight is 429 g/mol. The number of carbonyl (C=O) groups is 1. The van der Waals surface area contributed by atoms with E-state index in [9.17, 15) is 22.8 Å². The molecule has 0 spiro atoms. The number of fused-ring (bicyclic) bond motifs is 4. The smallest absolute Gasteiger partial charge is 0.333 e. The van der Waals surface area contributed by atoms with Crippen LogP contribution in [0.3, 0.4) is 0 Å². The highest BCUT2D eigenvalue weighted by Crippen LogP contribution is 2.39. The molecule has 0 saturated carbocycles. The number of aromatic nitrogens is 2. The molecule has 4 nitrogen and oxygen atoms in total. The minimum Gasteiger partial charge on any atom is -0.333 e. The second-order valence-electron chi connectivity index (χ2n) is 7.00. The number of para-hydroxylation sites is 1. The minimum absolute atomic E-state index is 0.0374. The molecule has 3 heterocycles. The highest BCUT2D eigenvalue weighted by Gasteiger charge is 2.38. The molecule has 0 amide bonds. The number of hydrogen-bond acceptors (Lipinski definition) is 2. The first-order valence-corrected chi connectivity index (χ1v) is 9.39. The number of pyridine rings is 1. The van der Waals surface area contributed by atoms with Gasteiger partial charge in [-0.05, 0) is 35.9 Å². The van der Waals surface area contributed by atoms with E-state index in [1.807, 2.05) is 0 Å². The van der Waals surface area contributed by atoms with E-state index in [-0.39, 0.29) is 28.7 Å². The molecule has 4 aromatic rings. The van der Waals surface area contributed by atoms with Crippen LogP contribution in [0.1, 0.15) is 21.5 Å². The molecule has 8 heteroatoms. The Morgan fingerprint density at radius 3 is 2.43 bits per heavy atom. The number of carbonyl (C=O) groups excluding carboxylic acids is 1. The van der Waals surface area contributed by atoms with E-state index in [0.717, 1.165) is 6.07 Å². The fraction of sp³-hybridized carbons (Fsp3) is 0.0909. The van der Waals surface area contributed by atoms with Crippen molar-refractivity contribution in [3.8, 4) is 11.4 Å². The Morgan fingerprint density at radius 1 is 0.933 bits per heavy atom. The van der Waals surface area contributed by atoms with Crippen molar-refractivity contribution >= 4 is 28.4 Å².